The molecule has 1 saturated carbocycles. The standard InChI is InChI=1S/C22H28FN3OS/c23-19-10-4-3-8-17(19)14-26-12-5-9-18(15-26)20(22-24-11-13-28-22)25-21(27)16-6-1-2-7-16/h3-4,8,10-11,13,16,18,20H,1-2,5-7,9,12,14-15H2,(H,25,27)/t18-,20+/m0/s1. The van der Waals surface area contributed by atoms with Crippen LogP contribution < -0.4 is 5.32 Å². The van der Waals surface area contributed by atoms with E-state index in [9.17, 15) is 9.18 Å². The van der Waals surface area contributed by atoms with E-state index < -0.39 is 0 Å². The fourth-order valence-electron chi connectivity index (χ4n) is 4.60. The van der Waals surface area contributed by atoms with Crippen molar-refractivity contribution in [3.8, 4) is 0 Å². The Kier molecular flexibility index (Phi) is 6.37. The molecule has 2 heterocycles. The first-order chi connectivity index (χ1) is 13.7. The van der Waals surface area contributed by atoms with Crippen molar-refractivity contribution in [2.45, 2.75) is 51.1 Å². The average Bonchev–Trinajstić information content (AvgIpc) is 3.42. The van der Waals surface area contributed by atoms with Crippen molar-refractivity contribution in [3.05, 3.63) is 52.2 Å². The summed E-state index contributed by atoms with van der Waals surface area (Å²) in [5, 5.41) is 6.30. The largest absolute Gasteiger partial charge is 0.346 e. The van der Waals surface area contributed by atoms with Gasteiger partial charge in [0.25, 0.3) is 0 Å². The number of nitrogens with zero attached hydrogens (tertiary/aromatic N) is 2. The predicted molar refractivity (Wildman–Crippen MR) is 109 cm³/mol. The van der Waals surface area contributed by atoms with Crippen molar-refractivity contribution < 1.29 is 9.18 Å². The zero-order valence-electron chi connectivity index (χ0n) is 16.1. The molecule has 0 unspecified atom stereocenters. The van der Waals surface area contributed by atoms with Gasteiger partial charge in [-0.3, -0.25) is 9.69 Å². The van der Waals surface area contributed by atoms with Crippen LogP contribution in [-0.4, -0.2) is 28.9 Å². The van der Waals surface area contributed by atoms with Crippen molar-refractivity contribution in [2.75, 3.05) is 13.1 Å². The Balaban J connectivity index is 1.46. The highest BCUT2D eigenvalue weighted by atomic mass is 32.1. The Morgan fingerprint density at radius 2 is 2.07 bits per heavy atom. The number of nitrogens with one attached hydrogen (secondary N) is 1. The molecule has 0 bridgehead atoms. The first kappa shape index (κ1) is 19.5. The highest BCUT2D eigenvalue weighted by Crippen LogP contribution is 2.33. The van der Waals surface area contributed by atoms with Crippen LogP contribution in [0.25, 0.3) is 0 Å². The second kappa shape index (κ2) is 9.14. The van der Waals surface area contributed by atoms with E-state index in [0.29, 0.717) is 12.5 Å². The summed E-state index contributed by atoms with van der Waals surface area (Å²) in [6.07, 6.45) is 8.23. The van der Waals surface area contributed by atoms with E-state index >= 15 is 0 Å². The Bertz CT molecular complexity index is 776. The minimum absolute atomic E-state index is 0.0449. The molecule has 1 saturated heterocycles. The first-order valence-electron chi connectivity index (χ1n) is 10.4. The predicted octanol–water partition coefficient (Wildman–Crippen LogP) is 4.54. The summed E-state index contributed by atoms with van der Waals surface area (Å²) in [5.41, 5.74) is 0.740. The van der Waals surface area contributed by atoms with Crippen LogP contribution in [0.4, 0.5) is 4.39 Å². The van der Waals surface area contributed by atoms with Gasteiger partial charge >= 0.3 is 0 Å². The van der Waals surface area contributed by atoms with Gasteiger partial charge in [-0.25, -0.2) is 9.37 Å². The molecule has 2 aliphatic rings. The monoisotopic (exact) mass is 401 g/mol. The molecule has 1 amide bonds. The number of piperidine rings is 1. The molecule has 4 nitrogen and oxygen atoms in total. The number of carbonyl (C=O) groups is 1. The van der Waals surface area contributed by atoms with Crippen molar-refractivity contribution in [1.29, 1.82) is 0 Å². The quantitative estimate of drug-likeness (QED) is 0.773. The number of benzene rings is 1. The molecule has 1 aliphatic heterocycles. The van der Waals surface area contributed by atoms with Gasteiger partial charge in [-0.2, -0.15) is 0 Å². The fraction of sp³-hybridized carbons (Fsp3) is 0.545. The average molecular weight is 402 g/mol. The van der Waals surface area contributed by atoms with E-state index in [1.165, 1.54) is 6.07 Å². The SMILES string of the molecule is O=C(N[C@@H](c1nccs1)[C@H]1CCCN(Cc2ccccc2F)C1)C1CCCC1. The van der Waals surface area contributed by atoms with Gasteiger partial charge in [-0.15, -0.1) is 11.3 Å². The summed E-state index contributed by atoms with van der Waals surface area (Å²) < 4.78 is 14.1. The Morgan fingerprint density at radius 3 is 2.82 bits per heavy atom. The molecule has 6 heteroatoms. The lowest BCUT2D eigenvalue weighted by Gasteiger charge is -2.37. The van der Waals surface area contributed by atoms with Crippen LogP contribution in [0.5, 0.6) is 0 Å². The van der Waals surface area contributed by atoms with Gasteiger partial charge in [0.1, 0.15) is 10.8 Å². The number of amides is 1. The summed E-state index contributed by atoms with van der Waals surface area (Å²) in [6, 6.07) is 6.96. The molecule has 1 aliphatic carbocycles. The molecule has 1 aromatic heterocycles. The van der Waals surface area contributed by atoms with Crippen LogP contribution in [0.3, 0.4) is 0 Å². The number of likely N-dealkylation sites (tertiary alicyclic amines) is 1. The molecule has 150 valence electrons. The fourth-order valence-corrected chi connectivity index (χ4v) is 5.38. The Morgan fingerprint density at radius 1 is 1.25 bits per heavy atom. The third-order valence-electron chi connectivity index (χ3n) is 6.11. The molecule has 2 aromatic rings. The van der Waals surface area contributed by atoms with E-state index in [0.717, 1.165) is 62.2 Å². The number of halogens is 1. The van der Waals surface area contributed by atoms with Crippen LogP contribution in [0, 0.1) is 17.7 Å². The molecule has 2 fully saturated rings. The summed E-state index contributed by atoms with van der Waals surface area (Å²) in [4.78, 5) is 19.6. The van der Waals surface area contributed by atoms with E-state index in [1.807, 2.05) is 23.7 Å². The number of hydrogen-bond acceptors (Lipinski definition) is 4. The smallest absolute Gasteiger partial charge is 0.223 e. The number of hydrogen-bond donors (Lipinski definition) is 1. The lowest BCUT2D eigenvalue weighted by atomic mass is 9.90. The van der Waals surface area contributed by atoms with Crippen LogP contribution in [0.15, 0.2) is 35.8 Å². The summed E-state index contributed by atoms with van der Waals surface area (Å²) in [5.74, 6) is 0.497. The molecule has 0 spiro atoms. The normalized spacial score (nSPS) is 22.2. The summed E-state index contributed by atoms with van der Waals surface area (Å²) >= 11 is 1.61. The Hall–Kier alpha value is -1.79. The third kappa shape index (κ3) is 4.61. The van der Waals surface area contributed by atoms with Crippen LogP contribution in [0.1, 0.15) is 55.1 Å². The van der Waals surface area contributed by atoms with Gasteiger partial charge in [0.15, 0.2) is 0 Å². The van der Waals surface area contributed by atoms with Gasteiger partial charge < -0.3 is 5.32 Å². The molecule has 1 aromatic carbocycles. The topological polar surface area (TPSA) is 45.2 Å². The molecule has 2 atom stereocenters. The second-order valence-electron chi connectivity index (χ2n) is 8.07. The zero-order chi connectivity index (χ0) is 19.3. The van der Waals surface area contributed by atoms with Crippen LogP contribution >= 0.6 is 11.3 Å². The zero-order valence-corrected chi connectivity index (χ0v) is 17.0. The number of rotatable bonds is 6. The van der Waals surface area contributed by atoms with E-state index in [2.05, 4.69) is 15.2 Å². The summed E-state index contributed by atoms with van der Waals surface area (Å²) in [6.45, 7) is 2.43. The second-order valence-corrected chi connectivity index (χ2v) is 8.99. The maximum atomic E-state index is 14.1. The van der Waals surface area contributed by atoms with Crippen molar-refractivity contribution >= 4 is 17.2 Å². The lowest BCUT2D eigenvalue weighted by molar-refractivity contribution is -0.126. The van der Waals surface area contributed by atoms with Gasteiger partial charge in [0.05, 0.1) is 6.04 Å². The number of thiazole rings is 1. The minimum atomic E-state index is -0.143. The van der Waals surface area contributed by atoms with Crippen molar-refractivity contribution in [1.82, 2.24) is 15.2 Å². The number of aromatic nitrogens is 1. The van der Waals surface area contributed by atoms with Gasteiger partial charge in [0, 0.05) is 36.1 Å². The maximum Gasteiger partial charge on any atom is 0.223 e. The van der Waals surface area contributed by atoms with E-state index in [-0.39, 0.29) is 23.7 Å². The van der Waals surface area contributed by atoms with Crippen molar-refractivity contribution in [2.24, 2.45) is 11.8 Å². The molecular weight excluding hydrogens is 373 g/mol. The van der Waals surface area contributed by atoms with Gasteiger partial charge in [-0.05, 0) is 44.2 Å². The van der Waals surface area contributed by atoms with Crippen LogP contribution in [0.2, 0.25) is 0 Å². The van der Waals surface area contributed by atoms with Gasteiger partial charge in [0.2, 0.25) is 5.91 Å². The van der Waals surface area contributed by atoms with Crippen LogP contribution in [-0.2, 0) is 11.3 Å². The van der Waals surface area contributed by atoms with E-state index in [4.69, 9.17) is 0 Å². The summed E-state index contributed by atoms with van der Waals surface area (Å²) in [7, 11) is 0. The first-order valence-corrected chi connectivity index (χ1v) is 11.2. The molecular formula is C22H28FN3OS. The third-order valence-corrected chi connectivity index (χ3v) is 6.96. The highest BCUT2D eigenvalue weighted by molar-refractivity contribution is 7.09. The van der Waals surface area contributed by atoms with Crippen molar-refractivity contribution in [3.63, 3.8) is 0 Å². The molecule has 1 N–H and O–H groups in total. The van der Waals surface area contributed by atoms with Gasteiger partial charge in [-0.1, -0.05) is 31.0 Å². The Labute approximate surface area is 170 Å². The lowest BCUT2D eigenvalue weighted by Crippen LogP contribution is -2.44. The highest BCUT2D eigenvalue weighted by Gasteiger charge is 2.33. The molecule has 28 heavy (non-hydrogen) atoms. The minimum Gasteiger partial charge on any atom is -0.346 e. The molecule has 0 radical (unpaired) electrons. The maximum absolute atomic E-state index is 14.1. The molecule has 4 rings (SSSR count). The number of carbonyl (C=O) groups excluding carboxylic acids is 1. The van der Waals surface area contributed by atoms with E-state index in [1.54, 1.807) is 17.4 Å².